The second kappa shape index (κ2) is 5.68. The third-order valence-electron chi connectivity index (χ3n) is 4.07. The zero-order valence-corrected chi connectivity index (χ0v) is 11.7. The van der Waals surface area contributed by atoms with Gasteiger partial charge in [-0.15, -0.1) is 0 Å². The SMILES string of the molecule is CN1CCN(C2CCN(C(=O)C(F)(F)F)CC2(F)F)CC1. The molecule has 2 fully saturated rings. The van der Waals surface area contributed by atoms with Crippen molar-refractivity contribution in [2.45, 2.75) is 24.6 Å². The summed E-state index contributed by atoms with van der Waals surface area (Å²) in [4.78, 5) is 14.9. The Kier molecular flexibility index (Phi) is 4.44. The Balaban J connectivity index is 2.01. The minimum absolute atomic E-state index is 0.140. The summed E-state index contributed by atoms with van der Waals surface area (Å²) < 4.78 is 65.3. The Morgan fingerprint density at radius 3 is 2.14 bits per heavy atom. The number of nitrogens with zero attached hydrogens (tertiary/aromatic N) is 3. The van der Waals surface area contributed by atoms with Crippen molar-refractivity contribution in [3.05, 3.63) is 0 Å². The highest BCUT2D eigenvalue weighted by Gasteiger charge is 2.52. The molecule has 1 amide bonds. The van der Waals surface area contributed by atoms with Gasteiger partial charge in [0.1, 0.15) is 0 Å². The summed E-state index contributed by atoms with van der Waals surface area (Å²) >= 11 is 0. The van der Waals surface area contributed by atoms with E-state index in [0.29, 0.717) is 26.2 Å². The normalized spacial score (nSPS) is 28.7. The van der Waals surface area contributed by atoms with E-state index in [1.165, 1.54) is 0 Å². The summed E-state index contributed by atoms with van der Waals surface area (Å²) in [5.74, 6) is -5.51. The molecule has 1 atom stereocenters. The summed E-state index contributed by atoms with van der Waals surface area (Å²) in [6.07, 6.45) is -5.24. The van der Waals surface area contributed by atoms with E-state index < -0.39 is 30.6 Å². The van der Waals surface area contributed by atoms with Crippen LogP contribution < -0.4 is 0 Å². The van der Waals surface area contributed by atoms with Crippen LogP contribution in [0.25, 0.3) is 0 Å². The summed E-state index contributed by atoms with van der Waals surface area (Å²) in [5.41, 5.74) is 0. The maximum Gasteiger partial charge on any atom is 0.471 e. The number of amides is 1. The minimum Gasteiger partial charge on any atom is -0.329 e. The number of rotatable bonds is 1. The van der Waals surface area contributed by atoms with E-state index in [9.17, 15) is 26.7 Å². The van der Waals surface area contributed by atoms with Crippen molar-refractivity contribution in [2.75, 3.05) is 46.3 Å². The Morgan fingerprint density at radius 2 is 1.67 bits per heavy atom. The molecule has 0 N–H and O–H groups in total. The van der Waals surface area contributed by atoms with Gasteiger partial charge in [-0.05, 0) is 13.5 Å². The third kappa shape index (κ3) is 3.63. The molecule has 2 aliphatic rings. The number of piperazine rings is 1. The number of piperidine rings is 1. The van der Waals surface area contributed by atoms with Gasteiger partial charge in [0.05, 0.1) is 12.6 Å². The molecular weight excluding hydrogens is 297 g/mol. The van der Waals surface area contributed by atoms with Crippen LogP contribution >= 0.6 is 0 Å². The third-order valence-corrected chi connectivity index (χ3v) is 4.07. The van der Waals surface area contributed by atoms with Crippen LogP contribution in [0, 0.1) is 0 Å². The smallest absolute Gasteiger partial charge is 0.329 e. The number of carbonyl (C=O) groups excluding carboxylic acids is 1. The monoisotopic (exact) mass is 315 g/mol. The van der Waals surface area contributed by atoms with Crippen molar-refractivity contribution in [3.63, 3.8) is 0 Å². The molecule has 0 radical (unpaired) electrons. The van der Waals surface area contributed by atoms with Gasteiger partial charge in [-0.25, -0.2) is 8.78 Å². The van der Waals surface area contributed by atoms with Gasteiger partial charge in [0.15, 0.2) is 0 Å². The maximum atomic E-state index is 14.1. The second-order valence-corrected chi connectivity index (χ2v) is 5.63. The van der Waals surface area contributed by atoms with E-state index in [1.807, 2.05) is 11.9 Å². The first-order valence-corrected chi connectivity index (χ1v) is 6.78. The first-order chi connectivity index (χ1) is 9.61. The Labute approximate surface area is 119 Å². The molecule has 0 bridgehead atoms. The summed E-state index contributed by atoms with van der Waals surface area (Å²) in [6.45, 7) is 0.775. The lowest BCUT2D eigenvalue weighted by Gasteiger charge is -2.45. The highest BCUT2D eigenvalue weighted by Crippen LogP contribution is 2.33. The van der Waals surface area contributed by atoms with E-state index >= 15 is 0 Å². The molecule has 4 nitrogen and oxygen atoms in total. The van der Waals surface area contributed by atoms with Gasteiger partial charge in [0.25, 0.3) is 5.92 Å². The van der Waals surface area contributed by atoms with E-state index in [4.69, 9.17) is 0 Å². The van der Waals surface area contributed by atoms with Gasteiger partial charge in [0.2, 0.25) is 0 Å². The van der Waals surface area contributed by atoms with Crippen molar-refractivity contribution < 1.29 is 26.7 Å². The lowest BCUT2D eigenvalue weighted by molar-refractivity contribution is -0.198. The molecule has 0 aliphatic carbocycles. The van der Waals surface area contributed by atoms with Crippen LogP contribution in [0.5, 0.6) is 0 Å². The molecule has 2 aliphatic heterocycles. The molecular formula is C12H18F5N3O. The lowest BCUT2D eigenvalue weighted by Crippen LogP contribution is -2.63. The molecule has 0 aromatic heterocycles. The van der Waals surface area contributed by atoms with Crippen LogP contribution in [0.3, 0.4) is 0 Å². The number of likely N-dealkylation sites (tertiary alicyclic amines) is 1. The molecule has 0 aromatic carbocycles. The number of hydrogen-bond donors (Lipinski definition) is 0. The van der Waals surface area contributed by atoms with Crippen molar-refractivity contribution in [1.29, 1.82) is 0 Å². The van der Waals surface area contributed by atoms with Crippen LogP contribution in [-0.2, 0) is 4.79 Å². The number of likely N-dealkylation sites (N-methyl/N-ethyl adjacent to an activating group) is 1. The highest BCUT2D eigenvalue weighted by molar-refractivity contribution is 5.82. The molecule has 2 saturated heterocycles. The van der Waals surface area contributed by atoms with Gasteiger partial charge < -0.3 is 9.80 Å². The van der Waals surface area contributed by atoms with Crippen molar-refractivity contribution in [3.8, 4) is 0 Å². The van der Waals surface area contributed by atoms with Gasteiger partial charge in [-0.3, -0.25) is 9.69 Å². The van der Waals surface area contributed by atoms with Gasteiger partial charge >= 0.3 is 12.1 Å². The fraction of sp³-hybridized carbons (Fsp3) is 0.917. The van der Waals surface area contributed by atoms with Crippen molar-refractivity contribution >= 4 is 5.91 Å². The first kappa shape index (κ1) is 16.4. The van der Waals surface area contributed by atoms with Crippen LogP contribution in [0.1, 0.15) is 6.42 Å². The molecule has 1 unspecified atom stereocenters. The van der Waals surface area contributed by atoms with E-state index in [2.05, 4.69) is 0 Å². The number of hydrogen-bond acceptors (Lipinski definition) is 3. The van der Waals surface area contributed by atoms with Crippen LogP contribution in [0.4, 0.5) is 22.0 Å². The minimum atomic E-state index is -5.10. The van der Waals surface area contributed by atoms with E-state index in [-0.39, 0.29) is 17.9 Å². The van der Waals surface area contributed by atoms with Gasteiger partial charge in [-0.2, -0.15) is 13.2 Å². The number of halogens is 5. The molecule has 122 valence electrons. The number of alkyl halides is 5. The molecule has 0 saturated carbocycles. The summed E-state index contributed by atoms with van der Waals surface area (Å²) in [5, 5.41) is 0. The summed E-state index contributed by atoms with van der Waals surface area (Å²) in [7, 11) is 1.89. The van der Waals surface area contributed by atoms with Crippen molar-refractivity contribution in [2.24, 2.45) is 0 Å². The largest absolute Gasteiger partial charge is 0.471 e. The molecule has 2 rings (SSSR count). The molecule has 2 heterocycles. The molecule has 9 heteroatoms. The lowest BCUT2D eigenvalue weighted by atomic mass is 9.98. The fourth-order valence-electron chi connectivity index (χ4n) is 2.86. The standard InChI is InChI=1S/C12H18F5N3O/c1-18-4-6-19(7-5-18)9-2-3-20(8-11(9,13)14)10(21)12(15,16)17/h9H,2-8H2,1H3. The average molecular weight is 315 g/mol. The topological polar surface area (TPSA) is 26.8 Å². The average Bonchev–Trinajstić information content (AvgIpc) is 2.37. The zero-order valence-electron chi connectivity index (χ0n) is 11.7. The predicted molar refractivity (Wildman–Crippen MR) is 65.1 cm³/mol. The zero-order chi connectivity index (χ0) is 15.8. The van der Waals surface area contributed by atoms with Gasteiger partial charge in [0, 0.05) is 32.7 Å². The second-order valence-electron chi connectivity index (χ2n) is 5.63. The quantitative estimate of drug-likeness (QED) is 0.676. The van der Waals surface area contributed by atoms with Gasteiger partial charge in [-0.1, -0.05) is 0 Å². The number of carbonyl (C=O) groups is 1. The van der Waals surface area contributed by atoms with E-state index in [1.54, 1.807) is 4.90 Å². The van der Waals surface area contributed by atoms with E-state index in [0.717, 1.165) is 0 Å². The Morgan fingerprint density at radius 1 is 1.10 bits per heavy atom. The first-order valence-electron chi connectivity index (χ1n) is 6.78. The fourth-order valence-corrected chi connectivity index (χ4v) is 2.86. The molecule has 0 spiro atoms. The van der Waals surface area contributed by atoms with Crippen molar-refractivity contribution in [1.82, 2.24) is 14.7 Å². The predicted octanol–water partition coefficient (Wildman–Crippen LogP) is 1.03. The van der Waals surface area contributed by atoms with Crippen LogP contribution in [-0.4, -0.2) is 85.1 Å². The van der Waals surface area contributed by atoms with Crippen LogP contribution in [0.2, 0.25) is 0 Å². The molecule has 21 heavy (non-hydrogen) atoms. The summed E-state index contributed by atoms with van der Waals surface area (Å²) in [6, 6.07) is -1.09. The maximum absolute atomic E-state index is 14.1. The highest BCUT2D eigenvalue weighted by atomic mass is 19.4. The van der Waals surface area contributed by atoms with Crippen LogP contribution in [0.15, 0.2) is 0 Å². The Hall–Kier alpha value is -0.960. The Bertz CT molecular complexity index is 393. The molecule has 0 aromatic rings.